The van der Waals surface area contributed by atoms with Crippen molar-refractivity contribution in [2.75, 3.05) is 6.67 Å². The molecule has 0 aromatic heterocycles. The molecular formula is C4H4N6. The first-order valence-corrected chi connectivity index (χ1v) is 2.74. The normalized spacial score (nSPS) is 20.8. The third-order valence-corrected chi connectivity index (χ3v) is 1.09. The summed E-state index contributed by atoms with van der Waals surface area (Å²) in [5.74, 6) is 0.498. The summed E-state index contributed by atoms with van der Waals surface area (Å²) in [6, 6.07) is 0. The van der Waals surface area contributed by atoms with Crippen molar-refractivity contribution in [2.24, 2.45) is 25.3 Å². The Morgan fingerprint density at radius 1 is 1.40 bits per heavy atom. The van der Waals surface area contributed by atoms with Crippen LogP contribution < -0.4 is 0 Å². The van der Waals surface area contributed by atoms with Gasteiger partial charge in [-0.15, -0.1) is 5.11 Å². The maximum atomic E-state index is 3.88. The number of hydrogen-bond acceptors (Lipinski definition) is 6. The molecule has 10 heavy (non-hydrogen) atoms. The first kappa shape index (κ1) is 5.21. The molecule has 0 aromatic rings. The standard InChI is InChI=1S/C4H4N6/c1-5-2-8-10-3-7-9-4(10)6-1/h1-2H,3H2. The van der Waals surface area contributed by atoms with Crippen molar-refractivity contribution < 1.29 is 0 Å². The second kappa shape index (κ2) is 1.98. The Balaban J connectivity index is 2.36. The fourth-order valence-electron chi connectivity index (χ4n) is 0.657. The third kappa shape index (κ3) is 0.697. The zero-order chi connectivity index (χ0) is 6.81. The number of nitrogens with zero attached hydrogens (tertiary/aromatic N) is 6. The number of fused-ring (bicyclic) bond motifs is 1. The molecule has 0 aromatic carbocycles. The van der Waals surface area contributed by atoms with Crippen LogP contribution in [-0.2, 0) is 0 Å². The molecule has 6 heteroatoms. The molecule has 0 bridgehead atoms. The summed E-state index contributed by atoms with van der Waals surface area (Å²) in [7, 11) is 0. The van der Waals surface area contributed by atoms with Gasteiger partial charge in [-0.2, -0.15) is 15.2 Å². The highest BCUT2D eigenvalue weighted by Crippen LogP contribution is 2.04. The van der Waals surface area contributed by atoms with E-state index >= 15 is 0 Å². The van der Waals surface area contributed by atoms with Gasteiger partial charge in [0, 0.05) is 0 Å². The van der Waals surface area contributed by atoms with Crippen LogP contribution in [0.15, 0.2) is 25.3 Å². The van der Waals surface area contributed by atoms with E-state index in [1.54, 1.807) is 5.01 Å². The highest BCUT2D eigenvalue weighted by molar-refractivity contribution is 5.91. The van der Waals surface area contributed by atoms with Crippen LogP contribution in [0.3, 0.4) is 0 Å². The topological polar surface area (TPSA) is 65.0 Å². The lowest BCUT2D eigenvalue weighted by atomic mass is 10.9. The van der Waals surface area contributed by atoms with Gasteiger partial charge in [0.05, 0.1) is 0 Å². The van der Waals surface area contributed by atoms with Gasteiger partial charge >= 0.3 is 0 Å². The number of azo groups is 1. The second-order valence-electron chi connectivity index (χ2n) is 1.71. The fraction of sp³-hybridized carbons (Fsp3) is 0.250. The van der Waals surface area contributed by atoms with Gasteiger partial charge in [-0.3, -0.25) is 0 Å². The zero-order valence-electron chi connectivity index (χ0n) is 5.05. The molecule has 2 aliphatic rings. The molecule has 0 saturated carbocycles. The largest absolute Gasteiger partial charge is 0.268 e. The van der Waals surface area contributed by atoms with Gasteiger partial charge in [-0.05, 0) is 0 Å². The van der Waals surface area contributed by atoms with E-state index in [4.69, 9.17) is 0 Å². The Bertz CT molecular complexity index is 248. The molecule has 0 unspecified atom stereocenters. The zero-order valence-corrected chi connectivity index (χ0v) is 5.05. The van der Waals surface area contributed by atoms with Gasteiger partial charge in [0.2, 0.25) is 0 Å². The number of guanidine groups is 1. The van der Waals surface area contributed by atoms with E-state index in [-0.39, 0.29) is 0 Å². The minimum Gasteiger partial charge on any atom is -0.223 e. The second-order valence-corrected chi connectivity index (χ2v) is 1.71. The molecule has 2 heterocycles. The first-order chi connectivity index (χ1) is 4.97. The summed E-state index contributed by atoms with van der Waals surface area (Å²) in [5.41, 5.74) is 0. The Morgan fingerprint density at radius 3 is 3.40 bits per heavy atom. The molecule has 0 fully saturated rings. The maximum absolute atomic E-state index is 3.88. The van der Waals surface area contributed by atoms with Crippen LogP contribution >= 0.6 is 0 Å². The lowest BCUT2D eigenvalue weighted by molar-refractivity contribution is 0.485. The van der Waals surface area contributed by atoms with Crippen molar-refractivity contribution in [2.45, 2.75) is 0 Å². The Hall–Kier alpha value is -1.59. The van der Waals surface area contributed by atoms with Crippen molar-refractivity contribution in [3.8, 4) is 0 Å². The number of aliphatic imine (C=N–C) groups is 2. The molecular weight excluding hydrogens is 132 g/mol. The number of rotatable bonds is 0. The third-order valence-electron chi connectivity index (χ3n) is 1.09. The van der Waals surface area contributed by atoms with E-state index in [1.165, 1.54) is 12.7 Å². The predicted octanol–water partition coefficient (Wildman–Crippen LogP) is 0.0529. The molecule has 0 aliphatic carbocycles. The van der Waals surface area contributed by atoms with Crippen molar-refractivity contribution in [3.05, 3.63) is 0 Å². The molecule has 0 N–H and O–H groups in total. The van der Waals surface area contributed by atoms with Crippen LogP contribution in [0.4, 0.5) is 0 Å². The Kier molecular flexibility index (Phi) is 1.03. The van der Waals surface area contributed by atoms with E-state index < -0.39 is 0 Å². The van der Waals surface area contributed by atoms with Gasteiger partial charge < -0.3 is 0 Å². The van der Waals surface area contributed by atoms with E-state index in [2.05, 4.69) is 25.3 Å². The molecule has 0 atom stereocenters. The van der Waals surface area contributed by atoms with E-state index in [0.29, 0.717) is 12.6 Å². The van der Waals surface area contributed by atoms with E-state index in [9.17, 15) is 0 Å². The van der Waals surface area contributed by atoms with Crippen molar-refractivity contribution >= 4 is 18.6 Å². The van der Waals surface area contributed by atoms with Crippen LogP contribution in [0.1, 0.15) is 0 Å². The van der Waals surface area contributed by atoms with Crippen molar-refractivity contribution in [3.63, 3.8) is 0 Å². The number of hydrogen-bond donors (Lipinski definition) is 0. The molecule has 0 radical (unpaired) electrons. The summed E-state index contributed by atoms with van der Waals surface area (Å²) >= 11 is 0. The molecule has 2 aliphatic heterocycles. The summed E-state index contributed by atoms with van der Waals surface area (Å²) < 4.78 is 0. The van der Waals surface area contributed by atoms with Gasteiger partial charge in [0.15, 0.2) is 6.67 Å². The minimum atomic E-state index is 0.443. The highest BCUT2D eigenvalue weighted by atomic mass is 15.6. The summed E-state index contributed by atoms with van der Waals surface area (Å²) in [6.45, 7) is 0.443. The smallest absolute Gasteiger partial charge is 0.223 e. The van der Waals surface area contributed by atoms with Gasteiger partial charge in [-0.1, -0.05) is 0 Å². The maximum Gasteiger partial charge on any atom is 0.268 e. The van der Waals surface area contributed by atoms with Gasteiger partial charge in [-0.25, -0.2) is 10.0 Å². The van der Waals surface area contributed by atoms with Crippen LogP contribution in [0.2, 0.25) is 0 Å². The quantitative estimate of drug-likeness (QED) is 0.464. The summed E-state index contributed by atoms with van der Waals surface area (Å²) in [4.78, 5) is 7.56. The SMILES string of the molecule is C1=NC=NN2CN=NC2=N1. The van der Waals surface area contributed by atoms with Crippen LogP contribution in [0.25, 0.3) is 0 Å². The summed E-state index contributed by atoms with van der Waals surface area (Å²) in [6.07, 6.45) is 2.80. The molecule has 0 saturated heterocycles. The lowest BCUT2D eigenvalue weighted by Gasteiger charge is -2.03. The molecule has 2 rings (SSSR count). The molecule has 6 nitrogen and oxygen atoms in total. The molecule has 0 amide bonds. The number of hydrazone groups is 1. The fourth-order valence-corrected chi connectivity index (χ4v) is 0.657. The average molecular weight is 136 g/mol. The monoisotopic (exact) mass is 136 g/mol. The summed E-state index contributed by atoms with van der Waals surface area (Å²) in [5, 5.41) is 12.9. The molecule has 50 valence electrons. The molecule has 0 spiro atoms. The van der Waals surface area contributed by atoms with E-state index in [0.717, 1.165) is 0 Å². The van der Waals surface area contributed by atoms with Gasteiger partial charge in [0.1, 0.15) is 12.7 Å². The lowest BCUT2D eigenvalue weighted by Crippen LogP contribution is -2.18. The highest BCUT2D eigenvalue weighted by Gasteiger charge is 2.14. The predicted molar refractivity (Wildman–Crippen MR) is 36.0 cm³/mol. The Morgan fingerprint density at radius 2 is 2.40 bits per heavy atom. The first-order valence-electron chi connectivity index (χ1n) is 2.74. The van der Waals surface area contributed by atoms with Crippen LogP contribution in [-0.4, -0.2) is 30.3 Å². The average Bonchev–Trinajstić information content (AvgIpc) is 2.28. The van der Waals surface area contributed by atoms with Crippen LogP contribution in [0.5, 0.6) is 0 Å². The van der Waals surface area contributed by atoms with E-state index in [1.807, 2.05) is 0 Å². The Labute approximate surface area is 56.7 Å². The van der Waals surface area contributed by atoms with Crippen LogP contribution in [0, 0.1) is 0 Å². The van der Waals surface area contributed by atoms with Gasteiger partial charge in [0.25, 0.3) is 5.96 Å². The minimum absolute atomic E-state index is 0.443. The van der Waals surface area contributed by atoms with Crippen molar-refractivity contribution in [1.29, 1.82) is 0 Å². The van der Waals surface area contributed by atoms with Crippen molar-refractivity contribution in [1.82, 2.24) is 5.01 Å².